The summed E-state index contributed by atoms with van der Waals surface area (Å²) in [6.45, 7) is 13.1. The van der Waals surface area contributed by atoms with Crippen LogP contribution in [0, 0.1) is 25.2 Å². The second-order valence-corrected chi connectivity index (χ2v) is 7.78. The van der Waals surface area contributed by atoms with Crippen molar-refractivity contribution in [2.75, 3.05) is 5.32 Å². The fourth-order valence-corrected chi connectivity index (χ4v) is 3.75. The highest BCUT2D eigenvalue weighted by molar-refractivity contribution is 6.39. The van der Waals surface area contributed by atoms with Crippen molar-refractivity contribution in [1.29, 1.82) is 0 Å². The Morgan fingerprint density at radius 2 is 1.96 bits per heavy atom. The Balaban J connectivity index is 1.98. The lowest BCUT2D eigenvalue weighted by Crippen LogP contribution is -2.48. The maximum absolute atomic E-state index is 12.3. The molecule has 24 heavy (non-hydrogen) atoms. The Labute approximate surface area is 144 Å². The minimum Gasteiger partial charge on any atom is -0.345 e. The number of amides is 2. The zero-order chi connectivity index (χ0) is 18.1. The Morgan fingerprint density at radius 1 is 1.29 bits per heavy atom. The van der Waals surface area contributed by atoms with Crippen LogP contribution >= 0.6 is 0 Å². The molecule has 1 saturated carbocycles. The molecule has 1 aromatic rings. The Bertz CT molecular complexity index is 633. The number of rotatable bonds is 3. The van der Waals surface area contributed by atoms with E-state index in [0.29, 0.717) is 17.0 Å². The molecule has 2 atom stereocenters. The monoisotopic (exact) mass is 334 g/mol. The largest absolute Gasteiger partial charge is 0.345 e. The molecule has 1 heterocycles. The van der Waals surface area contributed by atoms with Crippen LogP contribution in [-0.4, -0.2) is 27.6 Å². The third-order valence-corrected chi connectivity index (χ3v) is 5.14. The van der Waals surface area contributed by atoms with Gasteiger partial charge in [-0.15, -0.1) is 0 Å². The molecule has 2 N–H and O–H groups in total. The molecule has 134 valence electrons. The van der Waals surface area contributed by atoms with E-state index < -0.39 is 11.8 Å². The van der Waals surface area contributed by atoms with Gasteiger partial charge >= 0.3 is 11.8 Å². The van der Waals surface area contributed by atoms with Crippen LogP contribution in [0.2, 0.25) is 0 Å². The maximum Gasteiger partial charge on any atom is 0.313 e. The lowest BCUT2D eigenvalue weighted by Gasteiger charge is -2.39. The van der Waals surface area contributed by atoms with Crippen LogP contribution in [0.4, 0.5) is 5.69 Å². The first kappa shape index (κ1) is 18.5. The highest BCUT2D eigenvalue weighted by Crippen LogP contribution is 2.38. The summed E-state index contributed by atoms with van der Waals surface area (Å²) >= 11 is 0. The Kier molecular flexibility index (Phi) is 5.35. The van der Waals surface area contributed by atoms with Gasteiger partial charge in [-0.2, -0.15) is 5.10 Å². The fraction of sp³-hybridized carbons (Fsp3) is 0.722. The highest BCUT2D eigenvalue weighted by Gasteiger charge is 2.34. The quantitative estimate of drug-likeness (QED) is 0.835. The summed E-state index contributed by atoms with van der Waals surface area (Å²) in [5, 5.41) is 9.98. The van der Waals surface area contributed by atoms with E-state index in [-0.39, 0.29) is 6.04 Å². The van der Waals surface area contributed by atoms with Crippen molar-refractivity contribution in [2.45, 2.75) is 73.4 Å². The minimum absolute atomic E-state index is 0.0665. The van der Waals surface area contributed by atoms with Crippen LogP contribution in [0.5, 0.6) is 0 Å². The first-order valence-corrected chi connectivity index (χ1v) is 8.80. The van der Waals surface area contributed by atoms with E-state index in [1.54, 1.807) is 0 Å². The molecule has 0 saturated heterocycles. The zero-order valence-electron chi connectivity index (χ0n) is 15.7. The molecule has 2 amide bonds. The van der Waals surface area contributed by atoms with Crippen molar-refractivity contribution in [3.8, 4) is 0 Å². The molecule has 2 unspecified atom stereocenters. The second kappa shape index (κ2) is 6.95. The number of aryl methyl sites for hydroxylation is 2. The van der Waals surface area contributed by atoms with E-state index in [0.717, 1.165) is 37.2 Å². The highest BCUT2D eigenvalue weighted by atomic mass is 16.2. The van der Waals surface area contributed by atoms with E-state index in [1.807, 2.05) is 25.5 Å². The lowest BCUT2D eigenvalue weighted by molar-refractivity contribution is -0.137. The van der Waals surface area contributed by atoms with E-state index in [1.165, 1.54) is 0 Å². The lowest BCUT2D eigenvalue weighted by atomic mass is 9.70. The first-order valence-electron chi connectivity index (χ1n) is 8.80. The smallest absolute Gasteiger partial charge is 0.313 e. The van der Waals surface area contributed by atoms with Crippen molar-refractivity contribution >= 4 is 17.5 Å². The predicted molar refractivity (Wildman–Crippen MR) is 94.7 cm³/mol. The molecule has 1 aliphatic carbocycles. The molecule has 1 aromatic heterocycles. The van der Waals surface area contributed by atoms with Crippen LogP contribution < -0.4 is 10.6 Å². The van der Waals surface area contributed by atoms with Gasteiger partial charge in [0.05, 0.1) is 17.1 Å². The van der Waals surface area contributed by atoms with Crippen molar-refractivity contribution in [1.82, 2.24) is 15.1 Å². The average Bonchev–Trinajstić information content (AvgIpc) is 2.76. The number of hydrogen-bond donors (Lipinski definition) is 2. The normalized spacial score (nSPS) is 22.9. The standard InChI is InChI=1S/C18H30N4O2/c1-7-22-13(4)15(12(3)21-22)20-17(24)16(23)19-14-8-9-18(5,6)10-11(14)2/h11,14H,7-10H2,1-6H3,(H,19,23)(H,20,24). The van der Waals surface area contributed by atoms with E-state index >= 15 is 0 Å². The van der Waals surface area contributed by atoms with Gasteiger partial charge in [0.25, 0.3) is 0 Å². The predicted octanol–water partition coefficient (Wildman–Crippen LogP) is 2.79. The van der Waals surface area contributed by atoms with Gasteiger partial charge in [0.1, 0.15) is 0 Å². The van der Waals surface area contributed by atoms with Gasteiger partial charge in [0, 0.05) is 12.6 Å². The zero-order valence-corrected chi connectivity index (χ0v) is 15.7. The summed E-state index contributed by atoms with van der Waals surface area (Å²) in [4.78, 5) is 24.5. The van der Waals surface area contributed by atoms with Gasteiger partial charge in [-0.3, -0.25) is 14.3 Å². The number of carbonyl (C=O) groups excluding carboxylic acids is 2. The number of carbonyl (C=O) groups is 2. The van der Waals surface area contributed by atoms with Crippen LogP contribution in [0.25, 0.3) is 0 Å². The molecule has 6 heteroatoms. The number of nitrogens with zero attached hydrogens (tertiary/aromatic N) is 2. The van der Waals surface area contributed by atoms with E-state index in [9.17, 15) is 9.59 Å². The number of aromatic nitrogens is 2. The van der Waals surface area contributed by atoms with Crippen LogP contribution in [0.15, 0.2) is 0 Å². The Morgan fingerprint density at radius 3 is 2.50 bits per heavy atom. The third-order valence-electron chi connectivity index (χ3n) is 5.14. The number of anilines is 1. The van der Waals surface area contributed by atoms with Gasteiger partial charge in [0.2, 0.25) is 0 Å². The van der Waals surface area contributed by atoms with Gasteiger partial charge < -0.3 is 10.6 Å². The first-order chi connectivity index (χ1) is 11.1. The van der Waals surface area contributed by atoms with Crippen LogP contribution in [0.3, 0.4) is 0 Å². The molecule has 1 aliphatic rings. The summed E-state index contributed by atoms with van der Waals surface area (Å²) in [6.07, 6.45) is 3.03. The van der Waals surface area contributed by atoms with Crippen molar-refractivity contribution < 1.29 is 9.59 Å². The van der Waals surface area contributed by atoms with Gasteiger partial charge in [-0.25, -0.2) is 0 Å². The third kappa shape index (κ3) is 3.97. The molecular weight excluding hydrogens is 304 g/mol. The van der Waals surface area contributed by atoms with E-state index in [4.69, 9.17) is 0 Å². The molecule has 2 rings (SSSR count). The minimum atomic E-state index is -0.617. The summed E-state index contributed by atoms with van der Waals surface area (Å²) in [7, 11) is 0. The summed E-state index contributed by atoms with van der Waals surface area (Å²) < 4.78 is 1.81. The summed E-state index contributed by atoms with van der Waals surface area (Å²) in [5.41, 5.74) is 2.54. The van der Waals surface area contributed by atoms with Crippen molar-refractivity contribution in [3.05, 3.63) is 11.4 Å². The Hall–Kier alpha value is -1.85. The summed E-state index contributed by atoms with van der Waals surface area (Å²) in [6, 6.07) is 0.0665. The maximum atomic E-state index is 12.3. The molecule has 0 spiro atoms. The van der Waals surface area contributed by atoms with E-state index in [2.05, 4.69) is 36.5 Å². The average molecular weight is 334 g/mol. The van der Waals surface area contributed by atoms with Crippen molar-refractivity contribution in [2.24, 2.45) is 11.3 Å². The number of hydrogen-bond acceptors (Lipinski definition) is 3. The molecule has 0 aromatic carbocycles. The SMILES string of the molecule is CCn1nc(C)c(NC(=O)C(=O)NC2CCC(C)(C)CC2C)c1C. The van der Waals surface area contributed by atoms with Gasteiger partial charge in [-0.1, -0.05) is 20.8 Å². The number of nitrogens with one attached hydrogen (secondary N) is 2. The molecule has 6 nitrogen and oxygen atoms in total. The molecule has 1 fully saturated rings. The van der Waals surface area contributed by atoms with Crippen LogP contribution in [-0.2, 0) is 16.1 Å². The van der Waals surface area contributed by atoms with Gasteiger partial charge in [0.15, 0.2) is 0 Å². The molecule has 0 radical (unpaired) electrons. The second-order valence-electron chi connectivity index (χ2n) is 7.78. The molecular formula is C18H30N4O2. The molecule has 0 bridgehead atoms. The van der Waals surface area contributed by atoms with Gasteiger partial charge in [-0.05, 0) is 51.4 Å². The topological polar surface area (TPSA) is 76.0 Å². The summed E-state index contributed by atoms with van der Waals surface area (Å²) in [5.74, 6) is -0.805. The van der Waals surface area contributed by atoms with Crippen LogP contribution in [0.1, 0.15) is 58.3 Å². The fourth-order valence-electron chi connectivity index (χ4n) is 3.75. The molecule has 0 aliphatic heterocycles. The van der Waals surface area contributed by atoms with Crippen molar-refractivity contribution in [3.63, 3.8) is 0 Å².